The summed E-state index contributed by atoms with van der Waals surface area (Å²) in [5.41, 5.74) is 0.308. The van der Waals surface area contributed by atoms with E-state index in [0.717, 1.165) is 0 Å². The zero-order valence-corrected chi connectivity index (χ0v) is 10.6. The van der Waals surface area contributed by atoms with Gasteiger partial charge in [0.05, 0.1) is 12.4 Å². The van der Waals surface area contributed by atoms with Crippen molar-refractivity contribution in [1.29, 1.82) is 0 Å². The summed E-state index contributed by atoms with van der Waals surface area (Å²) in [5.74, 6) is -0.457. The van der Waals surface area contributed by atoms with Crippen LogP contribution in [0.5, 0.6) is 0 Å². The predicted octanol–water partition coefficient (Wildman–Crippen LogP) is 2.78. The lowest BCUT2D eigenvalue weighted by Gasteiger charge is -2.14. The lowest BCUT2D eigenvalue weighted by molar-refractivity contribution is 0.00479. The highest BCUT2D eigenvalue weighted by molar-refractivity contribution is 6.33. The molecule has 0 radical (unpaired) electrons. The second-order valence-electron chi connectivity index (χ2n) is 4.09. The molecule has 0 saturated heterocycles. The van der Waals surface area contributed by atoms with Crippen LogP contribution < -0.4 is 0 Å². The molecule has 100 valence electrons. The topological polar surface area (TPSA) is 52.8 Å². The first-order valence-corrected chi connectivity index (χ1v) is 6.06. The zero-order chi connectivity index (χ0) is 13.6. The van der Waals surface area contributed by atoms with Crippen molar-refractivity contribution in [2.45, 2.75) is 25.7 Å². The minimum atomic E-state index is -0.992. The van der Waals surface area contributed by atoms with E-state index in [1.54, 1.807) is 0 Å². The summed E-state index contributed by atoms with van der Waals surface area (Å²) < 4.78 is 33.8. The molecule has 19 heavy (non-hydrogen) atoms. The van der Waals surface area contributed by atoms with E-state index in [-0.39, 0.29) is 22.4 Å². The van der Waals surface area contributed by atoms with E-state index in [9.17, 15) is 8.78 Å². The van der Waals surface area contributed by atoms with Crippen LogP contribution in [0.25, 0.3) is 11.2 Å². The summed E-state index contributed by atoms with van der Waals surface area (Å²) in [6.45, 7) is 1.88. The average Bonchev–Trinajstić information content (AvgIpc) is 2.92. The van der Waals surface area contributed by atoms with Crippen molar-refractivity contribution in [2.75, 3.05) is 0 Å². The molecular formula is C11H9ClF2N4O. The third kappa shape index (κ3) is 1.98. The van der Waals surface area contributed by atoms with Gasteiger partial charge < -0.3 is 4.74 Å². The van der Waals surface area contributed by atoms with Gasteiger partial charge in [-0.25, -0.2) is 9.37 Å². The van der Waals surface area contributed by atoms with Crippen molar-refractivity contribution in [3.63, 3.8) is 0 Å². The number of halogens is 3. The van der Waals surface area contributed by atoms with Gasteiger partial charge in [-0.15, -0.1) is 0 Å². The van der Waals surface area contributed by atoms with Gasteiger partial charge in [0, 0.05) is 0 Å². The van der Waals surface area contributed by atoms with Crippen molar-refractivity contribution in [1.82, 2.24) is 19.5 Å². The molecule has 3 rings (SSSR count). The Kier molecular flexibility index (Phi) is 2.94. The molecule has 2 atom stereocenters. The molecule has 1 aliphatic heterocycles. The van der Waals surface area contributed by atoms with E-state index < -0.39 is 18.1 Å². The quantitative estimate of drug-likeness (QED) is 0.629. The van der Waals surface area contributed by atoms with Gasteiger partial charge in [0.1, 0.15) is 11.3 Å². The molecule has 0 N–H and O–H groups in total. The molecule has 2 aromatic rings. The lowest BCUT2D eigenvalue weighted by Crippen LogP contribution is -2.13. The first-order chi connectivity index (χ1) is 9.10. The lowest BCUT2D eigenvalue weighted by atomic mass is 10.3. The predicted molar refractivity (Wildman–Crippen MR) is 63.7 cm³/mol. The number of rotatable bonds is 2. The molecule has 2 aromatic heterocycles. The van der Waals surface area contributed by atoms with Crippen LogP contribution in [0, 0.1) is 6.08 Å². The SMILES string of the molecule is CC[C@H]1C=C(F)[C@H](n2cnc3c(Cl)nc(F)nc32)O1. The van der Waals surface area contributed by atoms with E-state index >= 15 is 0 Å². The number of hydrogen-bond donors (Lipinski definition) is 0. The molecule has 0 bridgehead atoms. The Morgan fingerprint density at radius 3 is 2.89 bits per heavy atom. The van der Waals surface area contributed by atoms with Gasteiger partial charge in [-0.05, 0) is 12.5 Å². The van der Waals surface area contributed by atoms with E-state index in [1.165, 1.54) is 17.0 Å². The van der Waals surface area contributed by atoms with E-state index in [0.29, 0.717) is 6.42 Å². The second-order valence-corrected chi connectivity index (χ2v) is 4.45. The highest BCUT2D eigenvalue weighted by Crippen LogP contribution is 2.33. The van der Waals surface area contributed by atoms with Crippen LogP contribution >= 0.6 is 11.6 Å². The normalized spacial score (nSPS) is 23.1. The number of hydrogen-bond acceptors (Lipinski definition) is 4. The minimum Gasteiger partial charge on any atom is -0.344 e. The number of ether oxygens (including phenoxy) is 1. The molecule has 0 spiro atoms. The molecule has 1 aliphatic rings. The molecule has 0 saturated carbocycles. The second kappa shape index (κ2) is 4.50. The Labute approximate surface area is 111 Å². The summed E-state index contributed by atoms with van der Waals surface area (Å²) in [7, 11) is 0. The van der Waals surface area contributed by atoms with Crippen molar-refractivity contribution < 1.29 is 13.5 Å². The summed E-state index contributed by atoms with van der Waals surface area (Å²) in [4.78, 5) is 10.9. The van der Waals surface area contributed by atoms with Crippen molar-refractivity contribution in [3.05, 3.63) is 29.5 Å². The van der Waals surface area contributed by atoms with Crippen LogP contribution in [-0.4, -0.2) is 25.6 Å². The molecule has 8 heteroatoms. The monoisotopic (exact) mass is 286 g/mol. The summed E-state index contributed by atoms with van der Waals surface area (Å²) in [5, 5.41) is -0.115. The van der Waals surface area contributed by atoms with Crippen LogP contribution in [0.1, 0.15) is 19.6 Å². The third-order valence-electron chi connectivity index (χ3n) is 2.89. The fourth-order valence-electron chi connectivity index (χ4n) is 1.97. The highest BCUT2D eigenvalue weighted by atomic mass is 35.5. The molecule has 0 aromatic carbocycles. The van der Waals surface area contributed by atoms with Crippen molar-refractivity contribution >= 4 is 22.8 Å². The van der Waals surface area contributed by atoms with Gasteiger partial charge in [0.15, 0.2) is 17.0 Å². The summed E-state index contributed by atoms with van der Waals surface area (Å²) >= 11 is 5.76. The van der Waals surface area contributed by atoms with Crippen molar-refractivity contribution in [3.8, 4) is 0 Å². The minimum absolute atomic E-state index is 0.0998. The Balaban J connectivity index is 2.10. The summed E-state index contributed by atoms with van der Waals surface area (Å²) in [6.07, 6.45) is 1.04. The van der Waals surface area contributed by atoms with E-state index in [1.807, 2.05) is 6.92 Å². The Bertz CT molecular complexity index is 672. The van der Waals surface area contributed by atoms with E-state index in [4.69, 9.17) is 16.3 Å². The summed E-state index contributed by atoms with van der Waals surface area (Å²) in [6, 6.07) is 0. The molecule has 5 nitrogen and oxygen atoms in total. The standard InChI is InChI=1S/C11H9ClF2N4O/c1-2-5-3-6(13)10(19-5)18-4-15-7-8(12)16-11(14)17-9(7)18/h3-5,10H,2H2,1H3/t5-,10+/m0/s1. The van der Waals surface area contributed by atoms with Crippen LogP contribution in [0.2, 0.25) is 5.15 Å². The molecule has 0 fully saturated rings. The number of nitrogens with zero attached hydrogens (tertiary/aromatic N) is 4. The molecule has 0 unspecified atom stereocenters. The van der Waals surface area contributed by atoms with Gasteiger partial charge in [-0.1, -0.05) is 18.5 Å². The largest absolute Gasteiger partial charge is 0.344 e. The van der Waals surface area contributed by atoms with E-state index in [2.05, 4.69) is 15.0 Å². The number of aromatic nitrogens is 4. The van der Waals surface area contributed by atoms with Gasteiger partial charge in [-0.2, -0.15) is 14.4 Å². The maximum atomic E-state index is 13.8. The molecule has 0 amide bonds. The maximum absolute atomic E-state index is 13.8. The first kappa shape index (κ1) is 12.4. The Morgan fingerprint density at radius 1 is 1.42 bits per heavy atom. The Hall–Kier alpha value is -1.60. The molecule has 3 heterocycles. The third-order valence-corrected chi connectivity index (χ3v) is 3.15. The molecular weight excluding hydrogens is 278 g/mol. The van der Waals surface area contributed by atoms with Gasteiger partial charge in [0.25, 0.3) is 0 Å². The van der Waals surface area contributed by atoms with Crippen molar-refractivity contribution in [2.24, 2.45) is 0 Å². The fraction of sp³-hybridized carbons (Fsp3) is 0.364. The number of imidazole rings is 1. The van der Waals surface area contributed by atoms with Crippen LogP contribution in [0.4, 0.5) is 8.78 Å². The van der Waals surface area contributed by atoms with Crippen LogP contribution in [0.15, 0.2) is 18.2 Å². The maximum Gasteiger partial charge on any atom is 0.312 e. The van der Waals surface area contributed by atoms with Crippen LogP contribution in [-0.2, 0) is 4.74 Å². The smallest absolute Gasteiger partial charge is 0.312 e. The molecule has 0 aliphatic carbocycles. The zero-order valence-electron chi connectivity index (χ0n) is 9.85. The van der Waals surface area contributed by atoms with Crippen LogP contribution in [0.3, 0.4) is 0 Å². The first-order valence-electron chi connectivity index (χ1n) is 5.68. The van der Waals surface area contributed by atoms with Gasteiger partial charge >= 0.3 is 6.08 Å². The van der Waals surface area contributed by atoms with Gasteiger partial charge in [-0.3, -0.25) is 4.57 Å². The number of fused-ring (bicyclic) bond motifs is 1. The fourth-order valence-corrected chi connectivity index (χ4v) is 2.17. The Morgan fingerprint density at radius 2 is 2.21 bits per heavy atom. The van der Waals surface area contributed by atoms with Gasteiger partial charge in [0.2, 0.25) is 0 Å². The average molecular weight is 287 g/mol. The highest BCUT2D eigenvalue weighted by Gasteiger charge is 2.30.